The maximum absolute atomic E-state index is 13.0. The minimum Gasteiger partial charge on any atom is -0.426 e. The number of amides is 1. The summed E-state index contributed by atoms with van der Waals surface area (Å²) in [6, 6.07) is 3.69. The lowest BCUT2D eigenvalue weighted by Gasteiger charge is -2.41. The molecule has 1 saturated carbocycles. The van der Waals surface area contributed by atoms with Gasteiger partial charge in [-0.3, -0.25) is 9.59 Å². The van der Waals surface area contributed by atoms with Crippen molar-refractivity contribution in [3.63, 3.8) is 0 Å². The van der Waals surface area contributed by atoms with Crippen LogP contribution in [-0.4, -0.2) is 52.4 Å². The molecule has 2 aliphatic rings. The highest BCUT2D eigenvalue weighted by atomic mass is 16.4. The summed E-state index contributed by atoms with van der Waals surface area (Å²) < 4.78 is 0. The van der Waals surface area contributed by atoms with Crippen molar-refractivity contribution in [2.45, 2.75) is 71.3 Å². The zero-order chi connectivity index (χ0) is 21.8. The molecule has 8 heteroatoms. The third-order valence-electron chi connectivity index (χ3n) is 6.13. The lowest BCUT2D eigenvalue weighted by atomic mass is 9.74. The predicted molar refractivity (Wildman–Crippen MR) is 117 cm³/mol. The zero-order valence-corrected chi connectivity index (χ0v) is 18.3. The summed E-state index contributed by atoms with van der Waals surface area (Å²) in [5.74, 6) is 0.188. The van der Waals surface area contributed by atoms with E-state index in [-0.39, 0.29) is 30.1 Å². The van der Waals surface area contributed by atoms with Crippen LogP contribution in [0.5, 0.6) is 0 Å². The quantitative estimate of drug-likeness (QED) is 0.477. The maximum Gasteiger partial charge on any atom is 0.475 e. The molecule has 1 saturated heterocycles. The molecule has 1 aliphatic carbocycles. The van der Waals surface area contributed by atoms with Crippen LogP contribution in [0.4, 0.5) is 5.82 Å². The second-order valence-corrected chi connectivity index (χ2v) is 9.40. The van der Waals surface area contributed by atoms with E-state index >= 15 is 0 Å². The van der Waals surface area contributed by atoms with Gasteiger partial charge >= 0.3 is 7.12 Å². The summed E-state index contributed by atoms with van der Waals surface area (Å²) in [4.78, 5) is 32.4. The van der Waals surface area contributed by atoms with Crippen LogP contribution in [0.1, 0.15) is 57.9 Å². The van der Waals surface area contributed by atoms with Gasteiger partial charge in [-0.05, 0) is 49.7 Å². The van der Waals surface area contributed by atoms with E-state index in [0.29, 0.717) is 18.8 Å². The Kier molecular flexibility index (Phi) is 7.52. The van der Waals surface area contributed by atoms with Crippen LogP contribution in [0.3, 0.4) is 0 Å². The van der Waals surface area contributed by atoms with Crippen LogP contribution in [0, 0.1) is 24.7 Å². The number of ketones is 1. The van der Waals surface area contributed by atoms with Crippen LogP contribution in [0.2, 0.25) is 0 Å². The molecule has 2 fully saturated rings. The van der Waals surface area contributed by atoms with Gasteiger partial charge in [-0.1, -0.05) is 32.8 Å². The summed E-state index contributed by atoms with van der Waals surface area (Å²) >= 11 is 0. The molecule has 1 aromatic heterocycles. The monoisotopic (exact) mass is 415 g/mol. The zero-order valence-electron chi connectivity index (χ0n) is 18.3. The summed E-state index contributed by atoms with van der Waals surface area (Å²) in [5.41, 5.74) is 1.07. The van der Waals surface area contributed by atoms with Crippen molar-refractivity contribution in [3.05, 3.63) is 23.9 Å². The molecule has 1 amide bonds. The largest absolute Gasteiger partial charge is 0.475 e. The number of hydrogen-bond acceptors (Lipinski definition) is 6. The van der Waals surface area contributed by atoms with Gasteiger partial charge in [0.05, 0.1) is 12.0 Å². The van der Waals surface area contributed by atoms with Crippen molar-refractivity contribution in [2.75, 3.05) is 11.4 Å². The topological polar surface area (TPSA) is 103 Å². The second-order valence-electron chi connectivity index (χ2n) is 9.40. The molecule has 0 unspecified atom stereocenters. The number of carbonyl (C=O) groups excluding carboxylic acids is 2. The number of nitrogens with one attached hydrogen (secondary N) is 1. The van der Waals surface area contributed by atoms with Crippen LogP contribution in [0.25, 0.3) is 0 Å². The third-order valence-corrected chi connectivity index (χ3v) is 6.13. The number of Topliss-reactive ketones (excluding diaryl/α,β-unsaturated/α-hetero) is 1. The van der Waals surface area contributed by atoms with Gasteiger partial charge in [-0.15, -0.1) is 0 Å². The Bertz CT molecular complexity index is 736. The molecule has 0 aromatic carbocycles. The highest BCUT2D eigenvalue weighted by Gasteiger charge is 2.39. The lowest BCUT2D eigenvalue weighted by Crippen LogP contribution is -2.54. The molecule has 2 heterocycles. The molecular weight excluding hydrogens is 381 g/mol. The first-order valence-electron chi connectivity index (χ1n) is 11.1. The number of hydrogen-bond donors (Lipinski definition) is 3. The summed E-state index contributed by atoms with van der Waals surface area (Å²) in [6.07, 6.45) is 6.11. The smallest absolute Gasteiger partial charge is 0.426 e. The average Bonchev–Trinajstić information content (AvgIpc) is 3.45. The maximum atomic E-state index is 13.0. The first-order chi connectivity index (χ1) is 14.2. The van der Waals surface area contributed by atoms with Gasteiger partial charge in [0, 0.05) is 25.1 Å². The first kappa shape index (κ1) is 22.8. The Hall–Kier alpha value is -1.93. The molecule has 3 atom stereocenters. The van der Waals surface area contributed by atoms with Crippen molar-refractivity contribution in [1.29, 1.82) is 0 Å². The van der Waals surface area contributed by atoms with Gasteiger partial charge in [0.25, 0.3) is 0 Å². The molecule has 7 nitrogen and oxygen atoms in total. The van der Waals surface area contributed by atoms with E-state index in [0.717, 1.165) is 37.2 Å². The molecule has 0 bridgehead atoms. The summed E-state index contributed by atoms with van der Waals surface area (Å²) in [5, 5.41) is 22.1. The Morgan fingerprint density at radius 1 is 1.27 bits per heavy atom. The van der Waals surface area contributed by atoms with Crippen molar-refractivity contribution >= 4 is 24.6 Å². The van der Waals surface area contributed by atoms with Crippen molar-refractivity contribution in [3.8, 4) is 0 Å². The average molecular weight is 415 g/mol. The molecule has 164 valence electrons. The van der Waals surface area contributed by atoms with Gasteiger partial charge in [-0.25, -0.2) is 4.98 Å². The van der Waals surface area contributed by atoms with Gasteiger partial charge < -0.3 is 20.3 Å². The highest BCUT2D eigenvalue weighted by molar-refractivity contribution is 6.43. The lowest BCUT2D eigenvalue weighted by molar-refractivity contribution is -0.131. The molecule has 30 heavy (non-hydrogen) atoms. The molecule has 0 spiro atoms. The standard InChI is InChI=1S/C22H34BN3O4/c1-14(2)10-20(23(29)30)25-22(28)17(11-16-5-6-16)12-19(27)18-8-9-26(18)21-7-4-15(3)13-24-21/h4,7,13-14,16-18,20,29-30H,5-6,8-12H2,1-3H3,(H,25,28)/t17-,18+,20-/m1/s1. The Morgan fingerprint density at radius 3 is 2.50 bits per heavy atom. The number of anilines is 1. The van der Waals surface area contributed by atoms with Crippen molar-refractivity contribution in [2.24, 2.45) is 17.8 Å². The van der Waals surface area contributed by atoms with Crippen molar-refractivity contribution < 1.29 is 19.6 Å². The number of aryl methyl sites for hydroxylation is 1. The van der Waals surface area contributed by atoms with Gasteiger partial charge in [-0.2, -0.15) is 0 Å². The molecule has 3 rings (SSSR count). The second kappa shape index (κ2) is 9.92. The van der Waals surface area contributed by atoms with E-state index in [1.165, 1.54) is 0 Å². The van der Waals surface area contributed by atoms with E-state index in [1.54, 1.807) is 6.20 Å². The Labute approximate surface area is 179 Å². The van der Waals surface area contributed by atoms with E-state index in [4.69, 9.17) is 0 Å². The molecular formula is C22H34BN3O4. The fraction of sp³-hybridized carbons (Fsp3) is 0.682. The van der Waals surface area contributed by atoms with Crippen LogP contribution in [-0.2, 0) is 9.59 Å². The minimum atomic E-state index is -1.61. The number of rotatable bonds is 11. The molecule has 0 radical (unpaired) electrons. The van der Waals surface area contributed by atoms with Gasteiger partial charge in [0.2, 0.25) is 5.91 Å². The molecule has 1 aromatic rings. The van der Waals surface area contributed by atoms with E-state index in [9.17, 15) is 19.6 Å². The predicted octanol–water partition coefficient (Wildman–Crippen LogP) is 1.89. The van der Waals surface area contributed by atoms with Gasteiger partial charge in [0.1, 0.15) is 5.82 Å². The minimum absolute atomic E-state index is 0.0642. The number of carbonyl (C=O) groups is 2. The summed E-state index contributed by atoms with van der Waals surface area (Å²) in [6.45, 7) is 6.71. The van der Waals surface area contributed by atoms with E-state index in [2.05, 4.69) is 10.3 Å². The fourth-order valence-electron chi connectivity index (χ4n) is 4.11. The third kappa shape index (κ3) is 6.05. The van der Waals surface area contributed by atoms with Gasteiger partial charge in [0.15, 0.2) is 5.78 Å². The van der Waals surface area contributed by atoms with Crippen LogP contribution >= 0.6 is 0 Å². The number of nitrogens with zero attached hydrogens (tertiary/aromatic N) is 2. The SMILES string of the molecule is Cc1ccc(N2CC[C@H]2C(=O)C[C@@H](CC2CC2)C(=O)N[C@H](CC(C)C)B(O)O)nc1. The fourth-order valence-corrected chi connectivity index (χ4v) is 4.11. The van der Waals surface area contributed by atoms with E-state index < -0.39 is 19.0 Å². The normalized spacial score (nSPS) is 20.5. The van der Waals surface area contributed by atoms with Crippen LogP contribution < -0.4 is 10.2 Å². The number of aromatic nitrogens is 1. The Balaban J connectivity index is 1.63. The van der Waals surface area contributed by atoms with Crippen molar-refractivity contribution in [1.82, 2.24) is 10.3 Å². The first-order valence-corrected chi connectivity index (χ1v) is 11.1. The number of pyridine rings is 1. The highest BCUT2D eigenvalue weighted by Crippen LogP contribution is 2.37. The van der Waals surface area contributed by atoms with Crippen LogP contribution in [0.15, 0.2) is 18.3 Å². The Morgan fingerprint density at radius 2 is 2.00 bits per heavy atom. The molecule has 1 aliphatic heterocycles. The molecule has 3 N–H and O–H groups in total. The summed E-state index contributed by atoms with van der Waals surface area (Å²) in [7, 11) is -1.61. The van der Waals surface area contributed by atoms with E-state index in [1.807, 2.05) is 37.8 Å².